The summed E-state index contributed by atoms with van der Waals surface area (Å²) in [5.74, 6) is 0. The molecule has 2 heteroatoms. The SMILES string of the molecule is CCC(C)(C=O)CC(C)(C)F. The van der Waals surface area contributed by atoms with Gasteiger partial charge in [-0.05, 0) is 26.7 Å². The highest BCUT2D eigenvalue weighted by molar-refractivity contribution is 5.58. The van der Waals surface area contributed by atoms with Gasteiger partial charge >= 0.3 is 0 Å². The van der Waals surface area contributed by atoms with Crippen LogP contribution in [0, 0.1) is 5.41 Å². The Bertz CT molecular complexity index is 137. The van der Waals surface area contributed by atoms with E-state index in [4.69, 9.17) is 0 Å². The summed E-state index contributed by atoms with van der Waals surface area (Å²) in [6, 6.07) is 0. The fraction of sp³-hybridized carbons (Fsp3) is 0.889. The first kappa shape index (κ1) is 10.6. The van der Waals surface area contributed by atoms with E-state index in [1.54, 1.807) is 6.92 Å². The number of alkyl halides is 1. The van der Waals surface area contributed by atoms with E-state index in [-0.39, 0.29) is 0 Å². The molecule has 0 aliphatic carbocycles. The van der Waals surface area contributed by atoms with E-state index >= 15 is 0 Å². The van der Waals surface area contributed by atoms with Crippen LogP contribution in [0.5, 0.6) is 0 Å². The molecule has 0 amide bonds. The van der Waals surface area contributed by atoms with Crippen LogP contribution in [0.2, 0.25) is 0 Å². The second kappa shape index (κ2) is 3.33. The quantitative estimate of drug-likeness (QED) is 0.578. The molecule has 1 unspecified atom stereocenters. The van der Waals surface area contributed by atoms with Crippen molar-refractivity contribution in [3.63, 3.8) is 0 Å². The molecular weight excluding hydrogens is 143 g/mol. The molecule has 0 bridgehead atoms. The number of hydrogen-bond acceptors (Lipinski definition) is 1. The minimum atomic E-state index is -1.24. The van der Waals surface area contributed by atoms with Crippen molar-refractivity contribution in [1.82, 2.24) is 0 Å². The zero-order valence-corrected chi connectivity index (χ0v) is 7.78. The topological polar surface area (TPSA) is 17.1 Å². The van der Waals surface area contributed by atoms with Gasteiger partial charge in [0, 0.05) is 5.41 Å². The first-order chi connectivity index (χ1) is 4.83. The molecule has 1 atom stereocenters. The molecule has 0 rings (SSSR count). The molecule has 0 aromatic heterocycles. The second-order valence-corrected chi connectivity index (χ2v) is 4.02. The molecule has 0 aliphatic rings. The van der Waals surface area contributed by atoms with Crippen molar-refractivity contribution in [1.29, 1.82) is 0 Å². The highest BCUT2D eigenvalue weighted by Crippen LogP contribution is 2.31. The highest BCUT2D eigenvalue weighted by Gasteiger charge is 2.30. The monoisotopic (exact) mass is 160 g/mol. The molecule has 1 nitrogen and oxygen atoms in total. The normalized spacial score (nSPS) is 17.5. The van der Waals surface area contributed by atoms with Gasteiger partial charge in [-0.15, -0.1) is 0 Å². The van der Waals surface area contributed by atoms with Crippen LogP contribution >= 0.6 is 0 Å². The van der Waals surface area contributed by atoms with Crippen molar-refractivity contribution in [3.8, 4) is 0 Å². The molecule has 0 saturated carbocycles. The predicted molar refractivity (Wildman–Crippen MR) is 44.3 cm³/mol. The van der Waals surface area contributed by atoms with Gasteiger partial charge in [0.05, 0.1) is 0 Å². The van der Waals surface area contributed by atoms with Gasteiger partial charge < -0.3 is 4.79 Å². The van der Waals surface area contributed by atoms with Crippen molar-refractivity contribution in [2.24, 2.45) is 5.41 Å². The average molecular weight is 160 g/mol. The van der Waals surface area contributed by atoms with E-state index in [1.807, 2.05) is 6.92 Å². The molecule has 0 aromatic carbocycles. The van der Waals surface area contributed by atoms with Crippen molar-refractivity contribution in [2.75, 3.05) is 0 Å². The predicted octanol–water partition coefficient (Wildman–Crippen LogP) is 2.74. The van der Waals surface area contributed by atoms with Gasteiger partial charge in [-0.2, -0.15) is 0 Å². The van der Waals surface area contributed by atoms with Crippen LogP contribution in [0.1, 0.15) is 40.5 Å². The third-order valence-corrected chi connectivity index (χ3v) is 1.92. The van der Waals surface area contributed by atoms with Gasteiger partial charge in [-0.3, -0.25) is 0 Å². The Morgan fingerprint density at radius 2 is 1.82 bits per heavy atom. The van der Waals surface area contributed by atoms with Crippen LogP contribution in [-0.4, -0.2) is 12.0 Å². The largest absolute Gasteiger partial charge is 0.303 e. The Hall–Kier alpha value is -0.400. The van der Waals surface area contributed by atoms with E-state index in [0.29, 0.717) is 12.8 Å². The maximum absolute atomic E-state index is 13.1. The number of aldehydes is 1. The molecular formula is C9H17FO. The molecule has 0 heterocycles. The Kier molecular flexibility index (Phi) is 3.21. The molecule has 0 radical (unpaired) electrons. The summed E-state index contributed by atoms with van der Waals surface area (Å²) in [5, 5.41) is 0. The Morgan fingerprint density at radius 3 is 1.91 bits per heavy atom. The lowest BCUT2D eigenvalue weighted by atomic mass is 9.80. The van der Waals surface area contributed by atoms with Gasteiger partial charge in [0.2, 0.25) is 0 Å². The standard InChI is InChI=1S/C9H17FO/c1-5-9(4,7-11)6-8(2,3)10/h7H,5-6H2,1-4H3. The molecule has 0 N–H and O–H groups in total. The maximum atomic E-state index is 13.1. The zero-order chi connectivity index (χ0) is 9.12. The van der Waals surface area contributed by atoms with Crippen molar-refractivity contribution in [3.05, 3.63) is 0 Å². The summed E-state index contributed by atoms with van der Waals surface area (Å²) in [5.41, 5.74) is -1.73. The summed E-state index contributed by atoms with van der Waals surface area (Å²) in [6.07, 6.45) is 1.86. The zero-order valence-electron chi connectivity index (χ0n) is 7.78. The lowest BCUT2D eigenvalue weighted by Crippen LogP contribution is -2.27. The third-order valence-electron chi connectivity index (χ3n) is 1.92. The smallest absolute Gasteiger partial charge is 0.125 e. The number of hydrogen-bond donors (Lipinski definition) is 0. The second-order valence-electron chi connectivity index (χ2n) is 4.02. The number of carbonyl (C=O) groups excluding carboxylic acids is 1. The lowest BCUT2D eigenvalue weighted by molar-refractivity contribution is -0.117. The Balaban J connectivity index is 4.19. The van der Waals surface area contributed by atoms with E-state index in [0.717, 1.165) is 6.29 Å². The van der Waals surface area contributed by atoms with Crippen LogP contribution in [0.15, 0.2) is 0 Å². The molecule has 0 saturated heterocycles. The van der Waals surface area contributed by atoms with Crippen LogP contribution in [0.3, 0.4) is 0 Å². The lowest BCUT2D eigenvalue weighted by Gasteiger charge is -2.26. The summed E-state index contributed by atoms with van der Waals surface area (Å²) in [7, 11) is 0. The molecule has 66 valence electrons. The summed E-state index contributed by atoms with van der Waals surface area (Å²) >= 11 is 0. The molecule has 0 spiro atoms. The van der Waals surface area contributed by atoms with Gasteiger partial charge in [-0.25, -0.2) is 4.39 Å². The van der Waals surface area contributed by atoms with Gasteiger partial charge in [0.15, 0.2) is 0 Å². The number of rotatable bonds is 4. The van der Waals surface area contributed by atoms with E-state index in [2.05, 4.69) is 0 Å². The fourth-order valence-corrected chi connectivity index (χ4v) is 1.21. The molecule has 0 fully saturated rings. The maximum Gasteiger partial charge on any atom is 0.125 e. The number of carbonyl (C=O) groups is 1. The first-order valence-corrected chi connectivity index (χ1v) is 3.98. The third kappa shape index (κ3) is 4.12. The molecule has 0 aliphatic heterocycles. The van der Waals surface area contributed by atoms with Crippen molar-refractivity contribution >= 4 is 6.29 Å². The van der Waals surface area contributed by atoms with E-state index in [9.17, 15) is 9.18 Å². The summed E-state index contributed by atoms with van der Waals surface area (Å²) < 4.78 is 13.1. The minimum Gasteiger partial charge on any atom is -0.303 e. The fourth-order valence-electron chi connectivity index (χ4n) is 1.21. The van der Waals surface area contributed by atoms with Crippen LogP contribution in [-0.2, 0) is 4.79 Å². The Labute approximate surface area is 68.0 Å². The van der Waals surface area contributed by atoms with Crippen LogP contribution in [0.4, 0.5) is 4.39 Å². The molecule has 11 heavy (non-hydrogen) atoms. The molecule has 0 aromatic rings. The minimum absolute atomic E-state index is 0.306. The highest BCUT2D eigenvalue weighted by atomic mass is 19.1. The van der Waals surface area contributed by atoms with Crippen LogP contribution in [0.25, 0.3) is 0 Å². The summed E-state index contributed by atoms with van der Waals surface area (Å²) in [4.78, 5) is 10.6. The van der Waals surface area contributed by atoms with Gasteiger partial charge in [0.1, 0.15) is 12.0 Å². The Morgan fingerprint density at radius 1 is 1.36 bits per heavy atom. The van der Waals surface area contributed by atoms with E-state index in [1.165, 1.54) is 13.8 Å². The van der Waals surface area contributed by atoms with Gasteiger partial charge in [-0.1, -0.05) is 13.8 Å². The first-order valence-electron chi connectivity index (χ1n) is 3.98. The van der Waals surface area contributed by atoms with Crippen molar-refractivity contribution < 1.29 is 9.18 Å². The number of halogens is 1. The van der Waals surface area contributed by atoms with E-state index < -0.39 is 11.1 Å². The van der Waals surface area contributed by atoms with Crippen LogP contribution < -0.4 is 0 Å². The average Bonchev–Trinajstić information content (AvgIpc) is 1.84. The van der Waals surface area contributed by atoms with Gasteiger partial charge in [0.25, 0.3) is 0 Å². The summed E-state index contributed by atoms with van der Waals surface area (Å²) in [6.45, 7) is 6.70. The van der Waals surface area contributed by atoms with Crippen molar-refractivity contribution in [2.45, 2.75) is 46.2 Å².